The Labute approximate surface area is 166 Å². The number of ether oxygens (including phenoxy) is 2. The minimum absolute atomic E-state index is 0.0973. The average Bonchev–Trinajstić information content (AvgIpc) is 3.07. The number of carbonyl (C=O) groups is 3. The van der Waals surface area contributed by atoms with Crippen LogP contribution in [0.2, 0.25) is 5.02 Å². The lowest BCUT2D eigenvalue weighted by Crippen LogP contribution is -2.54. The fourth-order valence-electron chi connectivity index (χ4n) is 2.68. The zero-order valence-electron chi connectivity index (χ0n) is 13.5. The molecular formula is C18H10BrClN2O5. The number of anilines is 1. The van der Waals surface area contributed by atoms with Gasteiger partial charge in [-0.15, -0.1) is 0 Å². The molecule has 136 valence electrons. The molecule has 1 N–H and O–H groups in total. The number of urea groups is 1. The fourth-order valence-corrected chi connectivity index (χ4v) is 3.24. The van der Waals surface area contributed by atoms with Gasteiger partial charge in [-0.3, -0.25) is 14.9 Å². The standard InChI is InChI=1S/C18H10BrClN2O5/c19-13-7-15-14(26-8-27-15)6-9(13)5-12-16(23)21-18(25)22(17(12)24)11-3-1-10(20)2-4-11/h1-7H,8H2,(H,21,23,25)/b12-5-. The minimum atomic E-state index is -0.825. The molecule has 0 aromatic heterocycles. The molecule has 0 atom stereocenters. The van der Waals surface area contributed by atoms with Crippen LogP contribution in [0.1, 0.15) is 5.56 Å². The molecular weight excluding hydrogens is 440 g/mol. The van der Waals surface area contributed by atoms with Crippen molar-refractivity contribution in [3.05, 3.63) is 57.0 Å². The summed E-state index contributed by atoms with van der Waals surface area (Å²) in [6.45, 7) is 0.0973. The van der Waals surface area contributed by atoms with E-state index in [9.17, 15) is 14.4 Å². The molecule has 2 heterocycles. The van der Waals surface area contributed by atoms with Gasteiger partial charge in [0.05, 0.1) is 5.69 Å². The molecule has 4 rings (SSSR count). The molecule has 0 spiro atoms. The van der Waals surface area contributed by atoms with Gasteiger partial charge in [0, 0.05) is 9.50 Å². The summed E-state index contributed by atoms with van der Waals surface area (Å²) in [5, 5.41) is 2.63. The molecule has 1 saturated heterocycles. The van der Waals surface area contributed by atoms with Crippen LogP contribution in [0.25, 0.3) is 6.08 Å². The molecule has 7 nitrogen and oxygen atoms in total. The van der Waals surface area contributed by atoms with E-state index in [-0.39, 0.29) is 12.4 Å². The Kier molecular flexibility index (Phi) is 4.37. The smallest absolute Gasteiger partial charge is 0.335 e. The predicted octanol–water partition coefficient (Wildman–Crippen LogP) is 3.50. The van der Waals surface area contributed by atoms with Crippen LogP contribution in [-0.4, -0.2) is 24.6 Å². The lowest BCUT2D eigenvalue weighted by molar-refractivity contribution is -0.122. The molecule has 0 radical (unpaired) electrons. The van der Waals surface area contributed by atoms with Crippen LogP contribution in [0.4, 0.5) is 10.5 Å². The number of hydrogen-bond acceptors (Lipinski definition) is 5. The molecule has 2 aromatic carbocycles. The first-order valence-corrected chi connectivity index (χ1v) is 8.87. The maximum absolute atomic E-state index is 12.9. The quantitative estimate of drug-likeness (QED) is 0.560. The van der Waals surface area contributed by atoms with Crippen molar-refractivity contribution in [3.8, 4) is 11.5 Å². The van der Waals surface area contributed by atoms with E-state index in [0.29, 0.717) is 32.2 Å². The number of carbonyl (C=O) groups excluding carboxylic acids is 3. The predicted molar refractivity (Wildman–Crippen MR) is 101 cm³/mol. The summed E-state index contributed by atoms with van der Waals surface area (Å²) in [7, 11) is 0. The molecule has 0 saturated carbocycles. The summed E-state index contributed by atoms with van der Waals surface area (Å²) in [4.78, 5) is 38.2. The Balaban J connectivity index is 1.75. The van der Waals surface area contributed by atoms with E-state index in [1.165, 1.54) is 18.2 Å². The highest BCUT2D eigenvalue weighted by Crippen LogP contribution is 2.38. The second-order valence-electron chi connectivity index (χ2n) is 5.66. The maximum Gasteiger partial charge on any atom is 0.335 e. The highest BCUT2D eigenvalue weighted by molar-refractivity contribution is 9.10. The number of fused-ring (bicyclic) bond motifs is 1. The van der Waals surface area contributed by atoms with Gasteiger partial charge in [-0.25, -0.2) is 9.69 Å². The highest BCUT2D eigenvalue weighted by Gasteiger charge is 2.37. The summed E-state index contributed by atoms with van der Waals surface area (Å²) >= 11 is 9.23. The number of imide groups is 2. The van der Waals surface area contributed by atoms with E-state index >= 15 is 0 Å². The van der Waals surface area contributed by atoms with Crippen LogP contribution in [0.15, 0.2) is 46.4 Å². The molecule has 0 bridgehead atoms. The van der Waals surface area contributed by atoms with Gasteiger partial charge in [-0.2, -0.15) is 0 Å². The summed E-state index contributed by atoms with van der Waals surface area (Å²) in [6, 6.07) is 8.63. The van der Waals surface area contributed by atoms with Crippen molar-refractivity contribution in [3.63, 3.8) is 0 Å². The number of halogens is 2. The number of amides is 4. The molecule has 27 heavy (non-hydrogen) atoms. The van der Waals surface area contributed by atoms with Crippen LogP contribution in [0.5, 0.6) is 11.5 Å². The van der Waals surface area contributed by atoms with Crippen LogP contribution in [0, 0.1) is 0 Å². The van der Waals surface area contributed by atoms with Crippen molar-refractivity contribution >= 4 is 57.1 Å². The Morgan fingerprint density at radius 3 is 2.44 bits per heavy atom. The van der Waals surface area contributed by atoms with Crippen molar-refractivity contribution in [2.75, 3.05) is 11.7 Å². The second kappa shape index (κ2) is 6.71. The Morgan fingerprint density at radius 1 is 1.07 bits per heavy atom. The molecule has 4 amide bonds. The first-order valence-electron chi connectivity index (χ1n) is 7.70. The van der Waals surface area contributed by atoms with E-state index in [2.05, 4.69) is 21.2 Å². The van der Waals surface area contributed by atoms with Gasteiger partial charge in [0.1, 0.15) is 5.57 Å². The van der Waals surface area contributed by atoms with Crippen LogP contribution >= 0.6 is 27.5 Å². The van der Waals surface area contributed by atoms with Crippen LogP contribution < -0.4 is 19.7 Å². The molecule has 2 aromatic rings. The van der Waals surface area contributed by atoms with Gasteiger partial charge in [-0.05, 0) is 48.0 Å². The van der Waals surface area contributed by atoms with E-state index < -0.39 is 17.8 Å². The highest BCUT2D eigenvalue weighted by atomic mass is 79.9. The number of nitrogens with zero attached hydrogens (tertiary/aromatic N) is 1. The number of barbiturate groups is 1. The third kappa shape index (κ3) is 3.17. The SMILES string of the molecule is O=C1NC(=O)N(c2ccc(Cl)cc2)C(=O)/C1=C\c1cc2c(cc1Br)OCO2. The first-order chi connectivity index (χ1) is 12.9. The van der Waals surface area contributed by atoms with Gasteiger partial charge in [-0.1, -0.05) is 27.5 Å². The monoisotopic (exact) mass is 448 g/mol. The minimum Gasteiger partial charge on any atom is -0.454 e. The Hall–Kier alpha value is -2.84. The molecule has 0 aliphatic carbocycles. The van der Waals surface area contributed by atoms with Crippen molar-refractivity contribution in [2.24, 2.45) is 0 Å². The normalized spacial score (nSPS) is 17.5. The van der Waals surface area contributed by atoms with Gasteiger partial charge >= 0.3 is 6.03 Å². The summed E-state index contributed by atoms with van der Waals surface area (Å²) < 4.78 is 11.2. The third-order valence-electron chi connectivity index (χ3n) is 3.98. The Bertz CT molecular complexity index is 1020. The molecule has 2 aliphatic rings. The maximum atomic E-state index is 12.9. The summed E-state index contributed by atoms with van der Waals surface area (Å²) in [6.07, 6.45) is 1.39. The largest absolute Gasteiger partial charge is 0.454 e. The summed E-state index contributed by atoms with van der Waals surface area (Å²) in [5.74, 6) is -0.462. The van der Waals surface area contributed by atoms with Crippen LogP contribution in [0.3, 0.4) is 0 Å². The molecule has 9 heteroatoms. The van der Waals surface area contributed by atoms with Crippen molar-refractivity contribution < 1.29 is 23.9 Å². The van der Waals surface area contributed by atoms with Gasteiger partial charge in [0.2, 0.25) is 6.79 Å². The number of rotatable bonds is 2. The van der Waals surface area contributed by atoms with E-state index in [1.807, 2.05) is 0 Å². The first kappa shape index (κ1) is 17.6. The van der Waals surface area contributed by atoms with E-state index in [0.717, 1.165) is 4.90 Å². The third-order valence-corrected chi connectivity index (χ3v) is 4.92. The van der Waals surface area contributed by atoms with Crippen molar-refractivity contribution in [2.45, 2.75) is 0 Å². The lowest BCUT2D eigenvalue weighted by atomic mass is 10.1. The number of nitrogens with one attached hydrogen (secondary N) is 1. The number of hydrogen-bond donors (Lipinski definition) is 1. The lowest BCUT2D eigenvalue weighted by Gasteiger charge is -2.26. The average molecular weight is 450 g/mol. The molecule has 2 aliphatic heterocycles. The van der Waals surface area contributed by atoms with Crippen molar-refractivity contribution in [1.82, 2.24) is 5.32 Å². The zero-order valence-corrected chi connectivity index (χ0v) is 15.8. The topological polar surface area (TPSA) is 84.9 Å². The van der Waals surface area contributed by atoms with E-state index in [4.69, 9.17) is 21.1 Å². The molecule has 0 unspecified atom stereocenters. The van der Waals surface area contributed by atoms with Gasteiger partial charge in [0.25, 0.3) is 11.8 Å². The van der Waals surface area contributed by atoms with Gasteiger partial charge in [0.15, 0.2) is 11.5 Å². The van der Waals surface area contributed by atoms with Crippen LogP contribution in [-0.2, 0) is 9.59 Å². The summed E-state index contributed by atoms with van der Waals surface area (Å²) in [5.41, 5.74) is 0.636. The van der Waals surface area contributed by atoms with E-state index in [1.54, 1.807) is 24.3 Å². The Morgan fingerprint density at radius 2 is 1.74 bits per heavy atom. The zero-order chi connectivity index (χ0) is 19.1. The number of benzene rings is 2. The second-order valence-corrected chi connectivity index (χ2v) is 6.95. The fraction of sp³-hybridized carbons (Fsp3) is 0.0556. The van der Waals surface area contributed by atoms with Crippen molar-refractivity contribution in [1.29, 1.82) is 0 Å². The van der Waals surface area contributed by atoms with Gasteiger partial charge < -0.3 is 9.47 Å². The molecule has 1 fully saturated rings.